The van der Waals surface area contributed by atoms with E-state index in [0.717, 1.165) is 0 Å². The molecule has 2 aliphatic heterocycles. The Bertz CT molecular complexity index is 975. The molecule has 2 heterocycles. The first kappa shape index (κ1) is 21.3. The minimum atomic E-state index is -1.65. The summed E-state index contributed by atoms with van der Waals surface area (Å²) in [6.45, 7) is -0.624. The molecule has 0 aromatic heterocycles. The molecule has 0 aliphatic carbocycles. The molecule has 6 atom stereocenters. The second kappa shape index (κ2) is 8.33. The minimum absolute atomic E-state index is 0.0159. The molecule has 0 bridgehead atoms. The number of ketones is 1. The molecule has 1 fully saturated rings. The predicted octanol–water partition coefficient (Wildman–Crippen LogP) is -0.0170. The number of aliphatic hydroxyl groups excluding tert-OH is 4. The normalized spacial score (nSPS) is 30.4. The number of carbonyl (C=O) groups is 1. The zero-order valence-corrected chi connectivity index (χ0v) is 16.2. The zero-order chi connectivity index (χ0) is 22.3. The van der Waals surface area contributed by atoms with Crippen molar-refractivity contribution in [3.8, 4) is 23.0 Å². The minimum Gasteiger partial charge on any atom is -0.508 e. The van der Waals surface area contributed by atoms with Gasteiger partial charge < -0.3 is 44.8 Å². The summed E-state index contributed by atoms with van der Waals surface area (Å²) in [5.74, 6) is -0.438. The lowest BCUT2D eigenvalue weighted by atomic mass is 9.96. The molecule has 4 rings (SSSR count). The summed E-state index contributed by atoms with van der Waals surface area (Å²) in [4.78, 5) is 12.5. The second-order valence-corrected chi connectivity index (χ2v) is 7.46. The van der Waals surface area contributed by atoms with Crippen molar-refractivity contribution in [3.63, 3.8) is 0 Å². The van der Waals surface area contributed by atoms with Gasteiger partial charge in [0.2, 0.25) is 6.29 Å². The molecule has 0 spiro atoms. The topological polar surface area (TPSA) is 166 Å². The number of aliphatic hydroxyl groups is 4. The van der Waals surface area contributed by atoms with Gasteiger partial charge in [0, 0.05) is 6.07 Å². The molecule has 2 aromatic rings. The first-order valence-corrected chi connectivity index (χ1v) is 9.61. The van der Waals surface area contributed by atoms with Gasteiger partial charge in [0.15, 0.2) is 17.3 Å². The van der Waals surface area contributed by atoms with Gasteiger partial charge in [-0.2, -0.15) is 0 Å². The third-order valence-corrected chi connectivity index (χ3v) is 5.35. The molecule has 166 valence electrons. The summed E-state index contributed by atoms with van der Waals surface area (Å²) in [5.41, 5.74) is 0.824. The number of phenols is 2. The van der Waals surface area contributed by atoms with Crippen molar-refractivity contribution < 1.29 is 49.6 Å². The van der Waals surface area contributed by atoms with E-state index in [1.165, 1.54) is 36.4 Å². The van der Waals surface area contributed by atoms with Crippen LogP contribution in [-0.4, -0.2) is 73.7 Å². The molecule has 10 nitrogen and oxygen atoms in total. The molecular weight excluding hydrogens is 412 g/mol. The van der Waals surface area contributed by atoms with Gasteiger partial charge in [0.25, 0.3) is 0 Å². The zero-order valence-electron chi connectivity index (χ0n) is 16.2. The van der Waals surface area contributed by atoms with Crippen molar-refractivity contribution in [2.24, 2.45) is 0 Å². The number of hydrogen-bond donors (Lipinski definition) is 6. The molecule has 0 radical (unpaired) electrons. The van der Waals surface area contributed by atoms with Gasteiger partial charge in [-0.25, -0.2) is 0 Å². The number of aromatic hydroxyl groups is 2. The lowest BCUT2D eigenvalue weighted by Gasteiger charge is -2.39. The van der Waals surface area contributed by atoms with Gasteiger partial charge in [-0.3, -0.25) is 4.79 Å². The Balaban J connectivity index is 1.57. The lowest BCUT2D eigenvalue weighted by molar-refractivity contribution is -0.277. The third-order valence-electron chi connectivity index (χ3n) is 5.35. The first-order valence-electron chi connectivity index (χ1n) is 9.61. The van der Waals surface area contributed by atoms with E-state index >= 15 is 0 Å². The fraction of sp³-hybridized carbons (Fsp3) is 0.381. The van der Waals surface area contributed by atoms with Crippen molar-refractivity contribution in [1.82, 2.24) is 0 Å². The van der Waals surface area contributed by atoms with Crippen molar-refractivity contribution in [1.29, 1.82) is 0 Å². The molecule has 0 saturated carbocycles. The Morgan fingerprint density at radius 2 is 1.77 bits per heavy atom. The van der Waals surface area contributed by atoms with Crippen molar-refractivity contribution in [3.05, 3.63) is 47.5 Å². The fourth-order valence-corrected chi connectivity index (χ4v) is 3.61. The van der Waals surface area contributed by atoms with Crippen LogP contribution in [0.2, 0.25) is 0 Å². The van der Waals surface area contributed by atoms with Crippen LogP contribution in [0.5, 0.6) is 23.0 Å². The fourth-order valence-electron chi connectivity index (χ4n) is 3.61. The average molecular weight is 434 g/mol. The van der Waals surface area contributed by atoms with E-state index < -0.39 is 43.4 Å². The van der Waals surface area contributed by atoms with Gasteiger partial charge in [-0.05, 0) is 29.8 Å². The van der Waals surface area contributed by atoms with Gasteiger partial charge in [-0.15, -0.1) is 0 Å². The first-order chi connectivity index (χ1) is 14.8. The Morgan fingerprint density at radius 3 is 2.52 bits per heavy atom. The molecule has 10 heteroatoms. The third kappa shape index (κ3) is 4.03. The van der Waals surface area contributed by atoms with Gasteiger partial charge in [-0.1, -0.05) is 6.07 Å². The van der Waals surface area contributed by atoms with E-state index in [2.05, 4.69) is 0 Å². The Morgan fingerprint density at radius 1 is 1.00 bits per heavy atom. The summed E-state index contributed by atoms with van der Waals surface area (Å²) in [5, 5.41) is 59.1. The summed E-state index contributed by atoms with van der Waals surface area (Å²) in [6, 6.07) is 8.44. The number of hydrogen-bond acceptors (Lipinski definition) is 10. The number of Topliss-reactive ketones (excluding diaryl/α,β-unsaturated/α-hetero) is 1. The van der Waals surface area contributed by atoms with Crippen molar-refractivity contribution in [2.75, 3.05) is 6.61 Å². The highest BCUT2D eigenvalue weighted by Crippen LogP contribution is 2.39. The number of phenolic OH excluding ortho intramolecular Hbond substituents is 2. The summed E-state index contributed by atoms with van der Waals surface area (Å²) < 4.78 is 16.6. The molecule has 0 unspecified atom stereocenters. The number of carbonyl (C=O) groups excluding carboxylic acids is 1. The van der Waals surface area contributed by atoms with Crippen molar-refractivity contribution >= 4 is 5.78 Å². The van der Waals surface area contributed by atoms with Crippen LogP contribution < -0.4 is 9.47 Å². The number of benzene rings is 2. The van der Waals surface area contributed by atoms with E-state index in [1.807, 2.05) is 0 Å². The smallest absolute Gasteiger partial charge is 0.229 e. The SMILES string of the molecule is O=C1C[C@@H](c2ccc(O)c(O[C@@H]3O[C@@H](CO)[C@H](O)[C@@H](O)[C@@H]3O)c2)Oc2cc(O)ccc21. The van der Waals surface area contributed by atoms with E-state index in [1.54, 1.807) is 0 Å². The Kier molecular flexibility index (Phi) is 5.73. The number of ether oxygens (including phenoxy) is 3. The molecule has 2 aromatic carbocycles. The van der Waals surface area contributed by atoms with E-state index in [0.29, 0.717) is 11.1 Å². The van der Waals surface area contributed by atoms with Crippen LogP contribution in [0, 0.1) is 0 Å². The molecule has 1 saturated heterocycles. The van der Waals surface area contributed by atoms with E-state index in [-0.39, 0.29) is 35.2 Å². The number of rotatable bonds is 4. The highest BCUT2D eigenvalue weighted by atomic mass is 16.7. The van der Waals surface area contributed by atoms with Crippen LogP contribution in [0.15, 0.2) is 36.4 Å². The Labute approximate surface area is 176 Å². The second-order valence-electron chi connectivity index (χ2n) is 7.46. The predicted molar refractivity (Wildman–Crippen MR) is 103 cm³/mol. The average Bonchev–Trinajstić information content (AvgIpc) is 2.75. The summed E-state index contributed by atoms with van der Waals surface area (Å²) >= 11 is 0. The van der Waals surface area contributed by atoms with Crippen molar-refractivity contribution in [2.45, 2.75) is 43.2 Å². The maximum Gasteiger partial charge on any atom is 0.229 e. The van der Waals surface area contributed by atoms with Gasteiger partial charge in [0.05, 0.1) is 18.6 Å². The van der Waals surface area contributed by atoms with E-state index in [4.69, 9.17) is 14.2 Å². The van der Waals surface area contributed by atoms with Gasteiger partial charge >= 0.3 is 0 Å². The van der Waals surface area contributed by atoms with Crippen LogP contribution in [-0.2, 0) is 4.74 Å². The number of fused-ring (bicyclic) bond motifs is 1. The standard InChI is InChI=1S/C21H22O10/c22-8-17-18(26)19(27)20(28)21(31-17)30-16-5-9(1-4-12(16)24)14-7-13(25)11-3-2-10(23)6-15(11)29-14/h1-6,14,17-24,26-28H,7-8H2/t14-,17-,18-,19+,20-,21+/m0/s1. The Hall–Kier alpha value is -2.89. The summed E-state index contributed by atoms with van der Waals surface area (Å²) in [6.07, 6.45) is -8.19. The van der Waals surface area contributed by atoms with Crippen LogP contribution >= 0.6 is 0 Å². The molecule has 0 amide bonds. The maximum absolute atomic E-state index is 12.5. The van der Waals surface area contributed by atoms with Crippen LogP contribution in [0.4, 0.5) is 0 Å². The molecule has 6 N–H and O–H groups in total. The van der Waals surface area contributed by atoms with E-state index in [9.17, 15) is 35.4 Å². The highest BCUT2D eigenvalue weighted by Gasteiger charge is 2.45. The summed E-state index contributed by atoms with van der Waals surface area (Å²) in [7, 11) is 0. The lowest BCUT2D eigenvalue weighted by Crippen LogP contribution is -2.60. The van der Waals surface area contributed by atoms with Crippen LogP contribution in [0.1, 0.15) is 28.4 Å². The van der Waals surface area contributed by atoms with Gasteiger partial charge in [0.1, 0.15) is 42.0 Å². The largest absolute Gasteiger partial charge is 0.508 e. The highest BCUT2D eigenvalue weighted by molar-refractivity contribution is 6.00. The molecule has 31 heavy (non-hydrogen) atoms. The van der Waals surface area contributed by atoms with Crippen LogP contribution in [0.25, 0.3) is 0 Å². The molecule has 2 aliphatic rings. The van der Waals surface area contributed by atoms with Crippen LogP contribution in [0.3, 0.4) is 0 Å². The quantitative estimate of drug-likeness (QED) is 0.385. The molecular formula is C21H22O10. The maximum atomic E-state index is 12.5. The monoisotopic (exact) mass is 434 g/mol.